The minimum absolute atomic E-state index is 0.163. The minimum Gasteiger partial charge on any atom is -0.389 e. The lowest BCUT2D eigenvalue weighted by molar-refractivity contribution is -0.122. The van der Waals surface area contributed by atoms with Gasteiger partial charge in [-0.2, -0.15) is 0 Å². The summed E-state index contributed by atoms with van der Waals surface area (Å²) in [6.45, 7) is 2.55. The van der Waals surface area contributed by atoms with E-state index in [0.29, 0.717) is 19.6 Å². The zero-order valence-corrected chi connectivity index (χ0v) is 5.59. The molecule has 3 heteroatoms. The van der Waals surface area contributed by atoms with Crippen molar-refractivity contribution in [3.05, 3.63) is 0 Å². The summed E-state index contributed by atoms with van der Waals surface area (Å²) >= 11 is 0. The van der Waals surface area contributed by atoms with E-state index < -0.39 is 0 Å². The van der Waals surface area contributed by atoms with E-state index in [0.717, 1.165) is 0 Å². The number of ketones is 1. The Morgan fingerprint density at radius 1 is 1.67 bits per heavy atom. The molecule has 0 saturated carbocycles. The maximum Gasteiger partial charge on any atom is 0.160 e. The molecule has 0 radical (unpaired) electrons. The van der Waals surface area contributed by atoms with Gasteiger partial charge >= 0.3 is 0 Å². The zero-order chi connectivity index (χ0) is 7.11. The Hall–Kier alpha value is -0.410. The molecule has 0 atom stereocenters. The van der Waals surface area contributed by atoms with Crippen LogP contribution >= 0.6 is 0 Å². The summed E-state index contributed by atoms with van der Waals surface area (Å²) in [5, 5.41) is 8.23. The maximum absolute atomic E-state index is 10.4. The number of carbonyl (C=O) groups excluding carboxylic acids is 1. The van der Waals surface area contributed by atoms with Gasteiger partial charge in [0.2, 0.25) is 0 Å². The molecule has 9 heavy (non-hydrogen) atoms. The molecular weight excluding hydrogens is 120 g/mol. The molecule has 0 aromatic rings. The van der Waals surface area contributed by atoms with Gasteiger partial charge in [-0.3, -0.25) is 4.79 Å². The van der Waals surface area contributed by atoms with E-state index >= 15 is 0 Å². The normalized spacial score (nSPS) is 9.56. The molecule has 0 fully saturated rings. The fourth-order valence-corrected chi connectivity index (χ4v) is 0.409. The average molecular weight is 132 g/mol. The number of carbonyl (C=O) groups is 1. The van der Waals surface area contributed by atoms with Crippen LogP contribution in [0.4, 0.5) is 0 Å². The Balaban J connectivity index is 2.97. The summed E-state index contributed by atoms with van der Waals surface area (Å²) in [7, 11) is 0. The molecular formula is C6H12O3. The maximum atomic E-state index is 10.4. The van der Waals surface area contributed by atoms with Gasteiger partial charge in [-0.05, 0) is 6.92 Å². The van der Waals surface area contributed by atoms with E-state index in [1.165, 1.54) is 0 Å². The van der Waals surface area contributed by atoms with Crippen molar-refractivity contribution in [3.8, 4) is 0 Å². The Morgan fingerprint density at radius 2 is 2.33 bits per heavy atom. The van der Waals surface area contributed by atoms with Gasteiger partial charge in [0, 0.05) is 13.0 Å². The Kier molecular flexibility index (Phi) is 5.46. The molecule has 0 unspecified atom stereocenters. The van der Waals surface area contributed by atoms with Crippen molar-refractivity contribution in [1.82, 2.24) is 0 Å². The van der Waals surface area contributed by atoms with Gasteiger partial charge < -0.3 is 9.84 Å². The first-order valence-corrected chi connectivity index (χ1v) is 3.01. The topological polar surface area (TPSA) is 46.5 Å². The van der Waals surface area contributed by atoms with E-state index in [1.54, 1.807) is 0 Å². The van der Waals surface area contributed by atoms with E-state index in [4.69, 9.17) is 9.84 Å². The second-order valence-electron chi connectivity index (χ2n) is 1.64. The van der Waals surface area contributed by atoms with E-state index in [-0.39, 0.29) is 12.4 Å². The first-order chi connectivity index (χ1) is 4.31. The highest BCUT2D eigenvalue weighted by atomic mass is 16.5. The Labute approximate surface area is 54.6 Å². The molecule has 0 rings (SSSR count). The number of ether oxygens (including phenoxy) is 1. The van der Waals surface area contributed by atoms with E-state index in [9.17, 15) is 4.79 Å². The molecule has 0 aromatic heterocycles. The van der Waals surface area contributed by atoms with Crippen LogP contribution in [0.2, 0.25) is 0 Å². The third kappa shape index (κ3) is 5.46. The molecule has 0 heterocycles. The standard InChI is InChI=1S/C6H12O3/c1-2-9-4-3-6(8)5-7/h7H,2-5H2,1H3. The second kappa shape index (κ2) is 5.72. The highest BCUT2D eigenvalue weighted by Crippen LogP contribution is 1.83. The lowest BCUT2D eigenvalue weighted by Crippen LogP contribution is -2.07. The molecule has 1 N–H and O–H groups in total. The average Bonchev–Trinajstić information content (AvgIpc) is 1.89. The van der Waals surface area contributed by atoms with Crippen LogP contribution in [0.3, 0.4) is 0 Å². The van der Waals surface area contributed by atoms with Crippen molar-refractivity contribution in [2.24, 2.45) is 0 Å². The molecule has 0 amide bonds. The SMILES string of the molecule is CCOCCC(=O)CO. The van der Waals surface area contributed by atoms with Gasteiger partial charge in [0.15, 0.2) is 5.78 Å². The van der Waals surface area contributed by atoms with Gasteiger partial charge in [-0.25, -0.2) is 0 Å². The van der Waals surface area contributed by atoms with Gasteiger partial charge in [0.1, 0.15) is 6.61 Å². The predicted molar refractivity (Wildman–Crippen MR) is 33.2 cm³/mol. The predicted octanol–water partition coefficient (Wildman–Crippen LogP) is -0.0256. The van der Waals surface area contributed by atoms with E-state index in [1.807, 2.05) is 6.92 Å². The number of aliphatic hydroxyl groups excluding tert-OH is 1. The van der Waals surface area contributed by atoms with Crippen LogP contribution in [-0.2, 0) is 9.53 Å². The van der Waals surface area contributed by atoms with Gasteiger partial charge in [-0.15, -0.1) is 0 Å². The third-order valence-corrected chi connectivity index (χ3v) is 0.906. The molecule has 0 saturated heterocycles. The largest absolute Gasteiger partial charge is 0.389 e. The van der Waals surface area contributed by atoms with Gasteiger partial charge in [-0.1, -0.05) is 0 Å². The molecule has 54 valence electrons. The molecule has 0 aromatic carbocycles. The van der Waals surface area contributed by atoms with Crippen molar-refractivity contribution in [2.45, 2.75) is 13.3 Å². The summed E-state index contributed by atoms with van der Waals surface area (Å²) in [5.74, 6) is -0.163. The fourth-order valence-electron chi connectivity index (χ4n) is 0.409. The Bertz CT molecular complexity index is 80.4. The zero-order valence-electron chi connectivity index (χ0n) is 5.59. The van der Waals surface area contributed by atoms with Crippen LogP contribution in [0.25, 0.3) is 0 Å². The van der Waals surface area contributed by atoms with Crippen LogP contribution in [0.5, 0.6) is 0 Å². The number of rotatable bonds is 5. The van der Waals surface area contributed by atoms with Crippen LogP contribution < -0.4 is 0 Å². The number of aliphatic hydroxyl groups is 1. The lowest BCUT2D eigenvalue weighted by atomic mass is 10.3. The number of Topliss-reactive ketones (excluding diaryl/α,β-unsaturated/α-hetero) is 1. The lowest BCUT2D eigenvalue weighted by Gasteiger charge is -1.96. The van der Waals surface area contributed by atoms with E-state index in [2.05, 4.69) is 0 Å². The first kappa shape index (κ1) is 8.59. The summed E-state index contributed by atoms with van der Waals surface area (Å²) in [6.07, 6.45) is 0.324. The highest BCUT2D eigenvalue weighted by Gasteiger charge is 1.96. The Morgan fingerprint density at radius 3 is 2.78 bits per heavy atom. The number of hydrogen-bond acceptors (Lipinski definition) is 3. The third-order valence-electron chi connectivity index (χ3n) is 0.906. The van der Waals surface area contributed by atoms with Crippen molar-refractivity contribution in [3.63, 3.8) is 0 Å². The molecule has 3 nitrogen and oxygen atoms in total. The van der Waals surface area contributed by atoms with Gasteiger partial charge in [0.25, 0.3) is 0 Å². The summed E-state index contributed by atoms with van der Waals surface area (Å²) in [6, 6.07) is 0. The molecule has 0 bridgehead atoms. The molecule has 0 aliphatic heterocycles. The van der Waals surface area contributed by atoms with Crippen LogP contribution in [0.1, 0.15) is 13.3 Å². The minimum atomic E-state index is -0.368. The first-order valence-electron chi connectivity index (χ1n) is 3.01. The van der Waals surface area contributed by atoms with Crippen molar-refractivity contribution in [1.29, 1.82) is 0 Å². The monoisotopic (exact) mass is 132 g/mol. The summed E-state index contributed by atoms with van der Waals surface area (Å²) in [5.41, 5.74) is 0. The fraction of sp³-hybridized carbons (Fsp3) is 0.833. The quantitative estimate of drug-likeness (QED) is 0.534. The second-order valence-corrected chi connectivity index (χ2v) is 1.64. The van der Waals surface area contributed by atoms with Crippen molar-refractivity contribution in [2.75, 3.05) is 19.8 Å². The van der Waals surface area contributed by atoms with Crippen LogP contribution in [-0.4, -0.2) is 30.7 Å². The molecule has 0 spiro atoms. The molecule has 0 aliphatic rings. The summed E-state index contributed by atoms with van der Waals surface area (Å²) < 4.78 is 4.87. The van der Waals surface area contributed by atoms with Gasteiger partial charge in [0.05, 0.1) is 6.61 Å². The van der Waals surface area contributed by atoms with Crippen molar-refractivity contribution >= 4 is 5.78 Å². The van der Waals surface area contributed by atoms with Crippen LogP contribution in [0.15, 0.2) is 0 Å². The number of hydrogen-bond donors (Lipinski definition) is 1. The summed E-state index contributed by atoms with van der Waals surface area (Å²) in [4.78, 5) is 10.4. The van der Waals surface area contributed by atoms with Crippen LogP contribution in [0, 0.1) is 0 Å². The smallest absolute Gasteiger partial charge is 0.160 e. The molecule has 0 aliphatic carbocycles. The highest BCUT2D eigenvalue weighted by molar-refractivity contribution is 5.79. The van der Waals surface area contributed by atoms with Crippen molar-refractivity contribution < 1.29 is 14.6 Å².